The molecule has 0 radical (unpaired) electrons. The van der Waals surface area contributed by atoms with Gasteiger partial charge in [-0.25, -0.2) is 9.97 Å². The molecule has 4 heteroatoms. The van der Waals surface area contributed by atoms with Crippen molar-refractivity contribution < 1.29 is 0 Å². The maximum absolute atomic E-state index is 5.98. The van der Waals surface area contributed by atoms with Gasteiger partial charge in [0.15, 0.2) is 5.82 Å². The lowest BCUT2D eigenvalue weighted by Crippen LogP contribution is -2.19. The first-order chi connectivity index (χ1) is 8.54. The minimum Gasteiger partial charge on any atom is -0.328 e. The molecule has 0 amide bonds. The fourth-order valence-electron chi connectivity index (χ4n) is 1.82. The highest BCUT2D eigenvalue weighted by Crippen LogP contribution is 2.20. The van der Waals surface area contributed by atoms with Gasteiger partial charge in [0, 0.05) is 34.4 Å². The van der Waals surface area contributed by atoms with Gasteiger partial charge in [0.25, 0.3) is 0 Å². The Labute approximate surface area is 112 Å². The second-order valence-electron chi connectivity index (χ2n) is 4.52. The summed E-state index contributed by atoms with van der Waals surface area (Å²) >= 11 is 5.98. The predicted octanol–water partition coefficient (Wildman–Crippen LogP) is 3.00. The van der Waals surface area contributed by atoms with E-state index in [-0.39, 0.29) is 6.04 Å². The van der Waals surface area contributed by atoms with Crippen molar-refractivity contribution in [2.45, 2.75) is 26.3 Å². The molecule has 0 saturated carbocycles. The Bertz CT molecular complexity index is 552. The smallest absolute Gasteiger partial charge is 0.159 e. The van der Waals surface area contributed by atoms with Crippen LogP contribution in [0.3, 0.4) is 0 Å². The van der Waals surface area contributed by atoms with Gasteiger partial charge in [-0.1, -0.05) is 23.7 Å². The highest BCUT2D eigenvalue weighted by Gasteiger charge is 2.07. The molecule has 2 aromatic rings. The normalized spacial score (nSPS) is 12.4. The molecule has 94 valence electrons. The second-order valence-corrected chi connectivity index (χ2v) is 4.95. The first-order valence-electron chi connectivity index (χ1n) is 5.90. The maximum atomic E-state index is 5.98. The molecule has 1 unspecified atom stereocenters. The summed E-state index contributed by atoms with van der Waals surface area (Å²) in [6.07, 6.45) is 0.747. The molecule has 2 N–H and O–H groups in total. The Morgan fingerprint density at radius 3 is 2.72 bits per heavy atom. The van der Waals surface area contributed by atoms with Crippen molar-refractivity contribution in [3.05, 3.63) is 46.7 Å². The average molecular weight is 262 g/mol. The largest absolute Gasteiger partial charge is 0.328 e. The van der Waals surface area contributed by atoms with Crippen molar-refractivity contribution in [2.24, 2.45) is 5.73 Å². The zero-order valence-corrected chi connectivity index (χ0v) is 11.3. The van der Waals surface area contributed by atoms with Crippen LogP contribution < -0.4 is 5.73 Å². The van der Waals surface area contributed by atoms with Gasteiger partial charge in [-0.15, -0.1) is 0 Å². The third-order valence-electron chi connectivity index (χ3n) is 2.52. The van der Waals surface area contributed by atoms with E-state index in [0.29, 0.717) is 10.8 Å². The van der Waals surface area contributed by atoms with Gasteiger partial charge in [-0.2, -0.15) is 0 Å². The topological polar surface area (TPSA) is 51.8 Å². The molecule has 2 rings (SSSR count). The number of hydrogen-bond acceptors (Lipinski definition) is 3. The SMILES string of the molecule is Cc1cc(CC(C)N)nc(-c2cccc(Cl)c2)n1. The molecule has 0 spiro atoms. The highest BCUT2D eigenvalue weighted by atomic mass is 35.5. The number of rotatable bonds is 3. The lowest BCUT2D eigenvalue weighted by molar-refractivity contribution is 0.719. The fraction of sp³-hybridized carbons (Fsp3) is 0.286. The van der Waals surface area contributed by atoms with Crippen molar-refractivity contribution >= 4 is 11.6 Å². The Morgan fingerprint density at radius 1 is 1.28 bits per heavy atom. The number of nitrogens with zero attached hydrogens (tertiary/aromatic N) is 2. The number of nitrogens with two attached hydrogens (primary N) is 1. The van der Waals surface area contributed by atoms with Gasteiger partial charge in [-0.05, 0) is 32.0 Å². The molecular formula is C14H16ClN3. The van der Waals surface area contributed by atoms with Gasteiger partial charge in [0.1, 0.15) is 0 Å². The van der Waals surface area contributed by atoms with Crippen molar-refractivity contribution in [2.75, 3.05) is 0 Å². The summed E-state index contributed by atoms with van der Waals surface area (Å²) in [5.41, 5.74) is 8.64. The van der Waals surface area contributed by atoms with Crippen molar-refractivity contribution in [3.8, 4) is 11.4 Å². The molecule has 1 aromatic heterocycles. The Hall–Kier alpha value is -1.45. The summed E-state index contributed by atoms with van der Waals surface area (Å²) in [6, 6.07) is 9.62. The number of aryl methyl sites for hydroxylation is 1. The van der Waals surface area contributed by atoms with E-state index in [0.717, 1.165) is 23.4 Å². The molecule has 18 heavy (non-hydrogen) atoms. The molecule has 1 aromatic carbocycles. The zero-order chi connectivity index (χ0) is 13.1. The lowest BCUT2D eigenvalue weighted by Gasteiger charge is -2.08. The van der Waals surface area contributed by atoms with Crippen LogP contribution in [-0.4, -0.2) is 16.0 Å². The lowest BCUT2D eigenvalue weighted by atomic mass is 10.1. The van der Waals surface area contributed by atoms with Gasteiger partial charge in [0.2, 0.25) is 0 Å². The van der Waals surface area contributed by atoms with Crippen LogP contribution >= 0.6 is 11.6 Å². The average Bonchev–Trinajstić information content (AvgIpc) is 2.27. The van der Waals surface area contributed by atoms with Crippen LogP contribution in [0.1, 0.15) is 18.3 Å². The molecule has 0 aliphatic carbocycles. The first kappa shape index (κ1) is 13.0. The van der Waals surface area contributed by atoms with Crippen LogP contribution in [0.5, 0.6) is 0 Å². The Kier molecular flexibility index (Phi) is 3.94. The van der Waals surface area contributed by atoms with Gasteiger partial charge >= 0.3 is 0 Å². The van der Waals surface area contributed by atoms with Crippen LogP contribution in [0.4, 0.5) is 0 Å². The number of halogens is 1. The second kappa shape index (κ2) is 5.46. The van der Waals surface area contributed by atoms with E-state index >= 15 is 0 Å². The van der Waals surface area contributed by atoms with Crippen LogP contribution in [0.15, 0.2) is 30.3 Å². The molecular weight excluding hydrogens is 246 g/mol. The van der Waals surface area contributed by atoms with Crippen LogP contribution in [-0.2, 0) is 6.42 Å². The maximum Gasteiger partial charge on any atom is 0.159 e. The van der Waals surface area contributed by atoms with E-state index in [1.54, 1.807) is 0 Å². The number of benzene rings is 1. The molecule has 0 aliphatic heterocycles. The van der Waals surface area contributed by atoms with E-state index in [4.69, 9.17) is 17.3 Å². The molecule has 0 saturated heterocycles. The van der Waals surface area contributed by atoms with Gasteiger partial charge in [-0.3, -0.25) is 0 Å². The minimum atomic E-state index is 0.0894. The van der Waals surface area contributed by atoms with Gasteiger partial charge < -0.3 is 5.73 Å². The van der Waals surface area contributed by atoms with E-state index < -0.39 is 0 Å². The summed E-state index contributed by atoms with van der Waals surface area (Å²) in [5, 5.41) is 0.686. The predicted molar refractivity (Wildman–Crippen MR) is 74.6 cm³/mol. The molecule has 0 fully saturated rings. The summed E-state index contributed by atoms with van der Waals surface area (Å²) in [6.45, 7) is 3.93. The molecule has 0 aliphatic rings. The number of aromatic nitrogens is 2. The Morgan fingerprint density at radius 2 is 2.06 bits per heavy atom. The van der Waals surface area contributed by atoms with E-state index in [9.17, 15) is 0 Å². The fourth-order valence-corrected chi connectivity index (χ4v) is 2.02. The van der Waals surface area contributed by atoms with Crippen molar-refractivity contribution in [3.63, 3.8) is 0 Å². The first-order valence-corrected chi connectivity index (χ1v) is 6.28. The molecule has 1 atom stereocenters. The summed E-state index contributed by atoms with van der Waals surface area (Å²) in [5.74, 6) is 0.702. The third kappa shape index (κ3) is 3.28. The zero-order valence-electron chi connectivity index (χ0n) is 10.5. The highest BCUT2D eigenvalue weighted by molar-refractivity contribution is 6.30. The Balaban J connectivity index is 2.41. The van der Waals surface area contributed by atoms with E-state index in [1.807, 2.05) is 44.2 Å². The van der Waals surface area contributed by atoms with Crippen molar-refractivity contribution in [1.29, 1.82) is 0 Å². The monoisotopic (exact) mass is 261 g/mol. The van der Waals surface area contributed by atoms with Gasteiger partial charge in [0.05, 0.1) is 0 Å². The van der Waals surface area contributed by atoms with Crippen LogP contribution in [0.25, 0.3) is 11.4 Å². The van der Waals surface area contributed by atoms with Crippen LogP contribution in [0.2, 0.25) is 5.02 Å². The standard InChI is InChI=1S/C14H16ClN3/c1-9(16)6-13-7-10(2)17-14(18-13)11-4-3-5-12(15)8-11/h3-5,7-9H,6,16H2,1-2H3. The van der Waals surface area contributed by atoms with E-state index in [1.165, 1.54) is 0 Å². The number of hydrogen-bond donors (Lipinski definition) is 1. The summed E-state index contributed by atoms with van der Waals surface area (Å²) in [7, 11) is 0. The minimum absolute atomic E-state index is 0.0894. The summed E-state index contributed by atoms with van der Waals surface area (Å²) < 4.78 is 0. The van der Waals surface area contributed by atoms with Crippen molar-refractivity contribution in [1.82, 2.24) is 9.97 Å². The molecule has 1 heterocycles. The summed E-state index contributed by atoms with van der Waals surface area (Å²) in [4.78, 5) is 8.98. The van der Waals surface area contributed by atoms with E-state index in [2.05, 4.69) is 9.97 Å². The molecule has 0 bridgehead atoms. The third-order valence-corrected chi connectivity index (χ3v) is 2.76. The van der Waals surface area contributed by atoms with Crippen LogP contribution in [0, 0.1) is 6.92 Å². The quantitative estimate of drug-likeness (QED) is 0.924. The molecule has 3 nitrogen and oxygen atoms in total.